The fraction of sp³-hybridized carbons (Fsp3) is 0.423. The molecule has 2 aromatic carbocycles. The highest BCUT2D eigenvalue weighted by atomic mass is 16.7. The lowest BCUT2D eigenvalue weighted by atomic mass is 9.99. The molecule has 0 bridgehead atoms. The van der Waals surface area contributed by atoms with Crippen LogP contribution in [0.3, 0.4) is 0 Å². The van der Waals surface area contributed by atoms with Crippen molar-refractivity contribution >= 4 is 22.2 Å². The summed E-state index contributed by atoms with van der Waals surface area (Å²) in [5.41, 5.74) is 4.68. The molecule has 1 aliphatic rings. The summed E-state index contributed by atoms with van der Waals surface area (Å²) in [6.07, 6.45) is -10.7. The molecular weight excluding hydrogens is 496 g/mol. The summed E-state index contributed by atoms with van der Waals surface area (Å²) >= 11 is 0. The third-order valence-corrected chi connectivity index (χ3v) is 6.85. The van der Waals surface area contributed by atoms with Crippen molar-refractivity contribution in [1.82, 2.24) is 19.7 Å². The number of nitrogens with zero attached hydrogens (tertiary/aromatic N) is 4. The van der Waals surface area contributed by atoms with E-state index in [0.29, 0.717) is 22.4 Å². The fourth-order valence-electron chi connectivity index (χ4n) is 4.52. The zero-order chi connectivity index (χ0) is 27.1. The molecule has 2 aromatic heterocycles. The molecule has 202 valence electrons. The normalized spacial score (nSPS) is 25.6. The van der Waals surface area contributed by atoms with Gasteiger partial charge in [0.2, 0.25) is 0 Å². The Labute approximate surface area is 217 Å². The second kappa shape index (κ2) is 10.6. The van der Waals surface area contributed by atoms with Gasteiger partial charge in [0.05, 0.1) is 29.9 Å². The van der Waals surface area contributed by atoms with E-state index < -0.39 is 56.1 Å². The second-order valence-corrected chi connectivity index (χ2v) is 9.46. The van der Waals surface area contributed by atoms with E-state index in [1.807, 2.05) is 56.3 Å². The molecule has 1 fully saturated rings. The standard InChI is InChI=1S/C26H30N4O8/c1-12-8-15-16(9-13(12)2)28-25-20(27-15)19(29-30(25)14-6-4-3-5-7-14)24(17(33)10-31)38-26-23(36)22(35)21(34)18(11-32)37-26/h3-9,17-18,21-24,26,31-36H,10-11H2,1-2H3. The number of benzene rings is 2. The predicted octanol–water partition coefficient (Wildman–Crippen LogP) is -0.204. The number of fused-ring (bicyclic) bond motifs is 2. The minimum absolute atomic E-state index is 0.106. The number of aliphatic hydroxyl groups is 6. The average Bonchev–Trinajstić information content (AvgIpc) is 3.29. The molecule has 38 heavy (non-hydrogen) atoms. The van der Waals surface area contributed by atoms with Crippen LogP contribution in [-0.2, 0) is 9.47 Å². The fourth-order valence-corrected chi connectivity index (χ4v) is 4.52. The van der Waals surface area contributed by atoms with E-state index in [9.17, 15) is 30.6 Å². The van der Waals surface area contributed by atoms with Crippen molar-refractivity contribution in [2.75, 3.05) is 13.2 Å². The molecule has 0 amide bonds. The minimum Gasteiger partial charge on any atom is -0.394 e. The molecule has 7 unspecified atom stereocenters. The van der Waals surface area contributed by atoms with Gasteiger partial charge in [0.1, 0.15) is 47.8 Å². The smallest absolute Gasteiger partial charge is 0.187 e. The molecule has 6 N–H and O–H groups in total. The van der Waals surface area contributed by atoms with E-state index in [1.165, 1.54) is 0 Å². The van der Waals surface area contributed by atoms with Gasteiger partial charge in [0.15, 0.2) is 11.9 Å². The van der Waals surface area contributed by atoms with Crippen molar-refractivity contribution in [2.24, 2.45) is 0 Å². The topological polar surface area (TPSA) is 183 Å². The number of hydrogen-bond acceptors (Lipinski definition) is 11. The first-order valence-electron chi connectivity index (χ1n) is 12.2. The zero-order valence-corrected chi connectivity index (χ0v) is 20.8. The Morgan fingerprint density at radius 2 is 1.61 bits per heavy atom. The lowest BCUT2D eigenvalue weighted by molar-refractivity contribution is -0.319. The van der Waals surface area contributed by atoms with Crippen LogP contribution < -0.4 is 0 Å². The van der Waals surface area contributed by atoms with E-state index in [4.69, 9.17) is 19.4 Å². The van der Waals surface area contributed by atoms with Gasteiger partial charge in [-0.3, -0.25) is 0 Å². The van der Waals surface area contributed by atoms with Gasteiger partial charge in [-0.15, -0.1) is 0 Å². The first-order chi connectivity index (χ1) is 18.2. The van der Waals surface area contributed by atoms with Gasteiger partial charge < -0.3 is 40.1 Å². The SMILES string of the molecule is Cc1cc2nc3c(C(OC4OC(CO)C(O)C(O)C4O)C(O)CO)nn(-c4ccccc4)c3nc2cc1C. The summed E-state index contributed by atoms with van der Waals surface area (Å²) in [5.74, 6) is 0. The minimum atomic E-state index is -1.72. The van der Waals surface area contributed by atoms with E-state index in [0.717, 1.165) is 11.1 Å². The third-order valence-electron chi connectivity index (χ3n) is 6.85. The maximum atomic E-state index is 10.8. The molecule has 0 saturated carbocycles. The van der Waals surface area contributed by atoms with Crippen molar-refractivity contribution in [3.63, 3.8) is 0 Å². The lowest BCUT2D eigenvalue weighted by Gasteiger charge is -2.41. The highest BCUT2D eigenvalue weighted by molar-refractivity contribution is 5.87. The van der Waals surface area contributed by atoms with Crippen molar-refractivity contribution in [3.05, 3.63) is 59.3 Å². The largest absolute Gasteiger partial charge is 0.394 e. The molecule has 0 spiro atoms. The number of para-hydroxylation sites is 1. The van der Waals surface area contributed by atoms with Crippen molar-refractivity contribution in [1.29, 1.82) is 0 Å². The molecule has 0 aliphatic carbocycles. The summed E-state index contributed by atoms with van der Waals surface area (Å²) in [4.78, 5) is 9.59. The summed E-state index contributed by atoms with van der Waals surface area (Å²) in [5, 5.41) is 65.7. The zero-order valence-electron chi connectivity index (χ0n) is 20.8. The first kappa shape index (κ1) is 26.5. The van der Waals surface area contributed by atoms with Crippen LogP contribution in [0.5, 0.6) is 0 Å². The summed E-state index contributed by atoms with van der Waals surface area (Å²) in [7, 11) is 0. The van der Waals surface area contributed by atoms with E-state index in [-0.39, 0.29) is 11.2 Å². The van der Waals surface area contributed by atoms with Crippen LogP contribution in [0.25, 0.3) is 27.9 Å². The molecule has 5 rings (SSSR count). The summed E-state index contributed by atoms with van der Waals surface area (Å²) < 4.78 is 12.9. The van der Waals surface area contributed by atoms with Crippen LogP contribution >= 0.6 is 0 Å². The van der Waals surface area contributed by atoms with Gasteiger partial charge in [-0.2, -0.15) is 5.10 Å². The Morgan fingerprint density at radius 1 is 0.947 bits per heavy atom. The van der Waals surface area contributed by atoms with Crippen LogP contribution in [0.15, 0.2) is 42.5 Å². The number of rotatable bonds is 7. The Balaban J connectivity index is 1.67. The molecule has 1 saturated heterocycles. The molecule has 4 aromatic rings. The number of aliphatic hydroxyl groups excluding tert-OH is 6. The third kappa shape index (κ3) is 4.65. The van der Waals surface area contributed by atoms with Crippen LogP contribution in [0.4, 0.5) is 0 Å². The predicted molar refractivity (Wildman–Crippen MR) is 134 cm³/mol. The highest BCUT2D eigenvalue weighted by Crippen LogP contribution is 2.33. The molecule has 12 heteroatoms. The second-order valence-electron chi connectivity index (χ2n) is 9.46. The van der Waals surface area contributed by atoms with E-state index in [2.05, 4.69) is 5.10 Å². The molecule has 0 radical (unpaired) electrons. The molecule has 1 aliphatic heterocycles. The maximum absolute atomic E-state index is 10.8. The van der Waals surface area contributed by atoms with Gasteiger partial charge in [-0.25, -0.2) is 14.6 Å². The first-order valence-corrected chi connectivity index (χ1v) is 12.2. The van der Waals surface area contributed by atoms with Gasteiger partial charge in [0, 0.05) is 0 Å². The maximum Gasteiger partial charge on any atom is 0.187 e. The van der Waals surface area contributed by atoms with Crippen LogP contribution in [0.2, 0.25) is 0 Å². The van der Waals surface area contributed by atoms with Gasteiger partial charge in [-0.05, 0) is 49.2 Å². The number of hydrogen-bond donors (Lipinski definition) is 6. The van der Waals surface area contributed by atoms with Crippen molar-refractivity contribution < 1.29 is 40.1 Å². The van der Waals surface area contributed by atoms with Gasteiger partial charge in [-0.1, -0.05) is 18.2 Å². The van der Waals surface area contributed by atoms with Crippen LogP contribution in [-0.4, -0.2) is 100 Å². The molecular formula is C26H30N4O8. The average molecular weight is 527 g/mol. The number of aromatic nitrogens is 4. The van der Waals surface area contributed by atoms with Crippen molar-refractivity contribution in [2.45, 2.75) is 56.8 Å². The Kier molecular flexibility index (Phi) is 7.40. The van der Waals surface area contributed by atoms with Crippen LogP contribution in [0, 0.1) is 13.8 Å². The van der Waals surface area contributed by atoms with E-state index in [1.54, 1.807) is 4.68 Å². The highest BCUT2D eigenvalue weighted by Gasteiger charge is 2.46. The summed E-state index contributed by atoms with van der Waals surface area (Å²) in [6.45, 7) is 2.54. The Hall–Kier alpha value is -3.07. The van der Waals surface area contributed by atoms with Crippen LogP contribution in [0.1, 0.15) is 22.9 Å². The quantitative estimate of drug-likeness (QED) is 0.187. The molecule has 3 heterocycles. The molecule has 12 nitrogen and oxygen atoms in total. The van der Waals surface area contributed by atoms with Gasteiger partial charge in [0.25, 0.3) is 0 Å². The molecule has 7 atom stereocenters. The Bertz CT molecular complexity index is 1430. The summed E-state index contributed by atoms with van der Waals surface area (Å²) in [6, 6.07) is 12.9. The number of aryl methyl sites for hydroxylation is 2. The monoisotopic (exact) mass is 526 g/mol. The van der Waals surface area contributed by atoms with Gasteiger partial charge >= 0.3 is 0 Å². The Morgan fingerprint density at radius 3 is 2.24 bits per heavy atom. The van der Waals surface area contributed by atoms with E-state index >= 15 is 0 Å². The number of ether oxygens (including phenoxy) is 2. The van der Waals surface area contributed by atoms with Crippen molar-refractivity contribution in [3.8, 4) is 5.69 Å². The lowest BCUT2D eigenvalue weighted by Crippen LogP contribution is -2.59.